The summed E-state index contributed by atoms with van der Waals surface area (Å²) in [6.45, 7) is 6.83. The van der Waals surface area contributed by atoms with E-state index in [0.29, 0.717) is 12.6 Å². The van der Waals surface area contributed by atoms with Crippen LogP contribution in [-0.2, 0) is 6.54 Å². The van der Waals surface area contributed by atoms with E-state index in [9.17, 15) is 0 Å². The molecule has 0 radical (unpaired) electrons. The molecule has 0 aliphatic rings. The molecule has 0 saturated heterocycles. The van der Waals surface area contributed by atoms with Crippen LogP contribution in [0, 0.1) is 6.92 Å². The number of ether oxygens (including phenoxy) is 1. The first-order valence-corrected chi connectivity index (χ1v) is 6.27. The second kappa shape index (κ2) is 5.79. The van der Waals surface area contributed by atoms with Crippen LogP contribution in [0.1, 0.15) is 25.2 Å². The van der Waals surface area contributed by atoms with Gasteiger partial charge in [0.1, 0.15) is 5.75 Å². The highest BCUT2D eigenvalue weighted by molar-refractivity contribution is 5.44. The Kier molecular flexibility index (Phi) is 4.11. The van der Waals surface area contributed by atoms with Crippen molar-refractivity contribution in [3.05, 3.63) is 29.6 Å². The van der Waals surface area contributed by atoms with Gasteiger partial charge in [0.05, 0.1) is 19.3 Å². The number of methoxy groups -OCH3 is 1. The lowest BCUT2D eigenvalue weighted by molar-refractivity contribution is 0.414. The van der Waals surface area contributed by atoms with Crippen LogP contribution in [0.4, 0.5) is 0 Å². The molecule has 0 spiro atoms. The Balaban J connectivity index is 2.29. The first-order valence-electron chi connectivity index (χ1n) is 6.27. The molecule has 6 nitrogen and oxygen atoms in total. The van der Waals surface area contributed by atoms with E-state index in [4.69, 9.17) is 4.74 Å². The summed E-state index contributed by atoms with van der Waals surface area (Å²) in [6.07, 6.45) is 0. The van der Waals surface area contributed by atoms with Crippen LogP contribution in [0.3, 0.4) is 0 Å². The molecular formula is C13H19N5O. The highest BCUT2D eigenvalue weighted by Gasteiger charge is 2.11. The third-order valence-electron chi connectivity index (χ3n) is 2.83. The minimum atomic E-state index is 0.391. The molecule has 2 aromatic rings. The molecule has 1 aromatic carbocycles. The van der Waals surface area contributed by atoms with Gasteiger partial charge in [-0.2, -0.15) is 4.68 Å². The maximum absolute atomic E-state index is 5.20. The van der Waals surface area contributed by atoms with E-state index < -0.39 is 0 Å². The number of rotatable bonds is 5. The number of hydrogen-bond acceptors (Lipinski definition) is 5. The predicted molar refractivity (Wildman–Crippen MR) is 72.4 cm³/mol. The lowest BCUT2D eigenvalue weighted by Gasteiger charge is -2.11. The molecule has 1 aromatic heterocycles. The Bertz CT molecular complexity index is 550. The zero-order valence-corrected chi connectivity index (χ0v) is 11.7. The first kappa shape index (κ1) is 13.5. The second-order valence-electron chi connectivity index (χ2n) is 4.69. The largest absolute Gasteiger partial charge is 0.497 e. The number of tetrazole rings is 1. The lowest BCUT2D eigenvalue weighted by atomic mass is 10.2. The topological polar surface area (TPSA) is 64.9 Å². The van der Waals surface area contributed by atoms with E-state index >= 15 is 0 Å². The van der Waals surface area contributed by atoms with E-state index in [2.05, 4.69) is 34.7 Å². The molecule has 0 atom stereocenters. The summed E-state index contributed by atoms with van der Waals surface area (Å²) < 4.78 is 6.96. The number of hydrogen-bond donors (Lipinski definition) is 1. The first-order chi connectivity index (χ1) is 9.11. The summed E-state index contributed by atoms with van der Waals surface area (Å²) in [4.78, 5) is 0. The molecular weight excluding hydrogens is 242 g/mol. The van der Waals surface area contributed by atoms with Crippen LogP contribution in [0.25, 0.3) is 5.69 Å². The molecule has 0 bridgehead atoms. The zero-order chi connectivity index (χ0) is 13.8. The molecule has 0 aliphatic carbocycles. The van der Waals surface area contributed by atoms with E-state index in [1.807, 2.05) is 25.1 Å². The molecule has 1 heterocycles. The van der Waals surface area contributed by atoms with Gasteiger partial charge in [0.25, 0.3) is 0 Å². The van der Waals surface area contributed by atoms with Crippen molar-refractivity contribution >= 4 is 0 Å². The normalized spacial score (nSPS) is 11.0. The van der Waals surface area contributed by atoms with Crippen LogP contribution < -0.4 is 10.1 Å². The quantitative estimate of drug-likeness (QED) is 0.883. The molecule has 19 heavy (non-hydrogen) atoms. The summed E-state index contributed by atoms with van der Waals surface area (Å²) >= 11 is 0. The molecule has 6 heteroatoms. The molecule has 0 saturated carbocycles. The van der Waals surface area contributed by atoms with Crippen LogP contribution in [0.2, 0.25) is 0 Å². The van der Waals surface area contributed by atoms with E-state index in [1.165, 1.54) is 0 Å². The minimum absolute atomic E-state index is 0.391. The predicted octanol–water partition coefficient (Wildman–Crippen LogP) is 1.48. The van der Waals surface area contributed by atoms with Crippen LogP contribution in [-0.4, -0.2) is 33.4 Å². The summed E-state index contributed by atoms with van der Waals surface area (Å²) in [5.74, 6) is 1.62. The lowest BCUT2D eigenvalue weighted by Crippen LogP contribution is -2.24. The smallest absolute Gasteiger partial charge is 0.170 e. The number of nitrogens with zero attached hydrogens (tertiary/aromatic N) is 4. The van der Waals surface area contributed by atoms with Gasteiger partial charge in [-0.25, -0.2) is 0 Å². The third kappa shape index (κ3) is 3.08. The van der Waals surface area contributed by atoms with Gasteiger partial charge in [-0.05, 0) is 41.1 Å². The van der Waals surface area contributed by atoms with Crippen LogP contribution in [0.15, 0.2) is 18.2 Å². The molecule has 0 amide bonds. The van der Waals surface area contributed by atoms with E-state index in [1.54, 1.807) is 11.8 Å². The Morgan fingerprint density at radius 2 is 2.16 bits per heavy atom. The number of aryl methyl sites for hydroxylation is 1. The molecule has 0 aliphatic heterocycles. The number of aromatic nitrogens is 4. The van der Waals surface area contributed by atoms with Gasteiger partial charge in [-0.1, -0.05) is 13.8 Å². The van der Waals surface area contributed by atoms with Gasteiger partial charge in [0, 0.05) is 6.04 Å². The van der Waals surface area contributed by atoms with Crippen LogP contribution in [0.5, 0.6) is 5.75 Å². The van der Waals surface area contributed by atoms with Crippen molar-refractivity contribution < 1.29 is 4.74 Å². The van der Waals surface area contributed by atoms with Crippen molar-refractivity contribution in [2.75, 3.05) is 7.11 Å². The van der Waals surface area contributed by atoms with Crippen molar-refractivity contribution in [1.82, 2.24) is 25.5 Å². The monoisotopic (exact) mass is 261 g/mol. The fourth-order valence-electron chi connectivity index (χ4n) is 1.79. The van der Waals surface area contributed by atoms with Gasteiger partial charge in [0.15, 0.2) is 5.82 Å². The summed E-state index contributed by atoms with van der Waals surface area (Å²) in [5.41, 5.74) is 2.03. The SMILES string of the molecule is COc1ccc(-n2nnnc2CNC(C)C)c(C)c1. The third-order valence-corrected chi connectivity index (χ3v) is 2.83. The maximum Gasteiger partial charge on any atom is 0.170 e. The van der Waals surface area contributed by atoms with Gasteiger partial charge >= 0.3 is 0 Å². The van der Waals surface area contributed by atoms with E-state index in [0.717, 1.165) is 22.8 Å². The summed E-state index contributed by atoms with van der Waals surface area (Å²) in [7, 11) is 1.66. The van der Waals surface area contributed by atoms with Crippen molar-refractivity contribution in [3.8, 4) is 11.4 Å². The van der Waals surface area contributed by atoms with Crippen molar-refractivity contribution in [3.63, 3.8) is 0 Å². The Labute approximate surface area is 112 Å². The Morgan fingerprint density at radius 3 is 2.79 bits per heavy atom. The van der Waals surface area contributed by atoms with E-state index in [-0.39, 0.29) is 0 Å². The number of nitrogens with one attached hydrogen (secondary N) is 1. The molecule has 1 N–H and O–H groups in total. The highest BCUT2D eigenvalue weighted by atomic mass is 16.5. The maximum atomic E-state index is 5.20. The Hall–Kier alpha value is -1.95. The van der Waals surface area contributed by atoms with Gasteiger partial charge in [-0.3, -0.25) is 0 Å². The molecule has 0 fully saturated rings. The second-order valence-corrected chi connectivity index (χ2v) is 4.69. The van der Waals surface area contributed by atoms with Crippen molar-refractivity contribution in [2.24, 2.45) is 0 Å². The molecule has 102 valence electrons. The minimum Gasteiger partial charge on any atom is -0.497 e. The highest BCUT2D eigenvalue weighted by Crippen LogP contribution is 2.20. The fraction of sp³-hybridized carbons (Fsp3) is 0.462. The van der Waals surface area contributed by atoms with Crippen LogP contribution >= 0.6 is 0 Å². The van der Waals surface area contributed by atoms with Gasteiger partial charge in [0.2, 0.25) is 0 Å². The molecule has 2 rings (SSSR count). The standard InChI is InChI=1S/C13H19N5O/c1-9(2)14-8-13-15-16-17-18(13)12-6-5-11(19-4)7-10(12)3/h5-7,9,14H,8H2,1-4H3. The van der Waals surface area contributed by atoms with Gasteiger partial charge in [-0.15, -0.1) is 5.10 Å². The molecule has 0 unspecified atom stereocenters. The average Bonchev–Trinajstić information content (AvgIpc) is 2.84. The van der Waals surface area contributed by atoms with Gasteiger partial charge < -0.3 is 10.1 Å². The summed E-state index contributed by atoms with van der Waals surface area (Å²) in [5, 5.41) is 15.2. The average molecular weight is 261 g/mol. The van der Waals surface area contributed by atoms with Crippen molar-refractivity contribution in [1.29, 1.82) is 0 Å². The Morgan fingerprint density at radius 1 is 1.37 bits per heavy atom. The van der Waals surface area contributed by atoms with Crippen molar-refractivity contribution in [2.45, 2.75) is 33.4 Å². The fourth-order valence-corrected chi connectivity index (χ4v) is 1.79. The summed E-state index contributed by atoms with van der Waals surface area (Å²) in [6, 6.07) is 6.23. The zero-order valence-electron chi connectivity index (χ0n) is 11.7. The number of benzene rings is 1.